The standard InChI is InChI=1S/C22H18Cl2O4/c23-19-11-17(28-13-22(26)27)12-20(24)18(19)10-15-6-7-21(25)16(9-15)8-14-4-2-1-3-5-14/h1-7,9,11-12,25H,8,10,13H2,(H,26,27). The topological polar surface area (TPSA) is 66.8 Å². The van der Waals surface area contributed by atoms with E-state index in [1.807, 2.05) is 42.5 Å². The third kappa shape index (κ3) is 5.18. The zero-order chi connectivity index (χ0) is 20.1. The Balaban J connectivity index is 1.81. The molecule has 3 rings (SSSR count). The lowest BCUT2D eigenvalue weighted by atomic mass is 9.98. The molecule has 0 aliphatic heterocycles. The first-order valence-corrected chi connectivity index (χ1v) is 9.35. The number of aromatic hydroxyl groups is 1. The number of carboxylic acid groups (broad SMARTS) is 1. The minimum Gasteiger partial charge on any atom is -0.508 e. The molecule has 0 fully saturated rings. The highest BCUT2D eigenvalue weighted by molar-refractivity contribution is 6.36. The van der Waals surface area contributed by atoms with Gasteiger partial charge >= 0.3 is 5.97 Å². The number of benzene rings is 3. The average molecular weight is 417 g/mol. The molecular formula is C22H18Cl2O4. The number of aliphatic carboxylic acids is 1. The molecule has 6 heteroatoms. The van der Waals surface area contributed by atoms with Gasteiger partial charge in [0.2, 0.25) is 0 Å². The van der Waals surface area contributed by atoms with Gasteiger partial charge in [-0.3, -0.25) is 0 Å². The zero-order valence-corrected chi connectivity index (χ0v) is 16.4. The van der Waals surface area contributed by atoms with Gasteiger partial charge in [0.05, 0.1) is 0 Å². The van der Waals surface area contributed by atoms with Crippen molar-refractivity contribution in [3.8, 4) is 11.5 Å². The lowest BCUT2D eigenvalue weighted by molar-refractivity contribution is -0.139. The Bertz CT molecular complexity index is 964. The molecule has 3 aromatic carbocycles. The van der Waals surface area contributed by atoms with E-state index >= 15 is 0 Å². The first-order valence-electron chi connectivity index (χ1n) is 8.59. The molecule has 0 saturated carbocycles. The number of carbonyl (C=O) groups is 1. The van der Waals surface area contributed by atoms with E-state index in [4.69, 9.17) is 33.0 Å². The van der Waals surface area contributed by atoms with Crippen molar-refractivity contribution in [3.05, 3.63) is 93.0 Å². The summed E-state index contributed by atoms with van der Waals surface area (Å²) in [5.74, 6) is -0.537. The highest BCUT2D eigenvalue weighted by Crippen LogP contribution is 2.33. The van der Waals surface area contributed by atoms with Crippen LogP contribution in [0.2, 0.25) is 10.0 Å². The number of carboxylic acids is 1. The summed E-state index contributed by atoms with van der Waals surface area (Å²) >= 11 is 12.7. The van der Waals surface area contributed by atoms with Crippen LogP contribution in [-0.2, 0) is 17.6 Å². The highest BCUT2D eigenvalue weighted by Gasteiger charge is 2.12. The van der Waals surface area contributed by atoms with Crippen LogP contribution in [0.15, 0.2) is 60.7 Å². The van der Waals surface area contributed by atoms with Crippen LogP contribution in [0, 0.1) is 0 Å². The summed E-state index contributed by atoms with van der Waals surface area (Å²) in [7, 11) is 0. The predicted octanol–water partition coefficient (Wildman–Crippen LogP) is 5.34. The van der Waals surface area contributed by atoms with E-state index < -0.39 is 12.6 Å². The Morgan fingerprint density at radius 1 is 0.893 bits per heavy atom. The lowest BCUT2D eigenvalue weighted by Gasteiger charge is -2.12. The third-order valence-corrected chi connectivity index (χ3v) is 4.91. The number of halogens is 2. The molecule has 0 aromatic heterocycles. The minimum atomic E-state index is -1.08. The second-order valence-corrected chi connectivity index (χ2v) is 7.16. The molecule has 144 valence electrons. The van der Waals surface area contributed by atoms with Gasteiger partial charge in [0.1, 0.15) is 11.5 Å². The smallest absolute Gasteiger partial charge is 0.341 e. The van der Waals surface area contributed by atoms with Crippen LogP contribution in [-0.4, -0.2) is 22.8 Å². The van der Waals surface area contributed by atoms with Crippen molar-refractivity contribution >= 4 is 29.2 Å². The van der Waals surface area contributed by atoms with Crippen LogP contribution in [0.5, 0.6) is 11.5 Å². The first kappa shape index (κ1) is 20.1. The minimum absolute atomic E-state index is 0.238. The van der Waals surface area contributed by atoms with Crippen LogP contribution < -0.4 is 4.74 Å². The molecule has 28 heavy (non-hydrogen) atoms. The van der Waals surface area contributed by atoms with Crippen LogP contribution in [0.4, 0.5) is 0 Å². The number of ether oxygens (including phenoxy) is 1. The van der Waals surface area contributed by atoms with E-state index in [0.29, 0.717) is 34.2 Å². The van der Waals surface area contributed by atoms with Crippen molar-refractivity contribution < 1.29 is 19.7 Å². The van der Waals surface area contributed by atoms with Gasteiger partial charge < -0.3 is 14.9 Å². The number of phenolic OH excluding ortho intramolecular Hbond substituents is 1. The van der Waals surface area contributed by atoms with Gasteiger partial charge in [-0.2, -0.15) is 0 Å². The van der Waals surface area contributed by atoms with Gasteiger partial charge in [0.15, 0.2) is 6.61 Å². The third-order valence-electron chi connectivity index (χ3n) is 4.24. The fourth-order valence-electron chi connectivity index (χ4n) is 2.89. The van der Waals surface area contributed by atoms with Gasteiger partial charge in [0, 0.05) is 22.9 Å². The Morgan fingerprint density at radius 3 is 2.21 bits per heavy atom. The zero-order valence-electron chi connectivity index (χ0n) is 14.9. The quantitative estimate of drug-likeness (QED) is 0.544. The van der Waals surface area contributed by atoms with Crippen molar-refractivity contribution in [2.24, 2.45) is 0 Å². The summed E-state index contributed by atoms with van der Waals surface area (Å²) in [4.78, 5) is 10.6. The molecule has 3 aromatic rings. The summed E-state index contributed by atoms with van der Waals surface area (Å²) in [6, 6.07) is 18.4. The monoisotopic (exact) mass is 416 g/mol. The van der Waals surface area contributed by atoms with Gasteiger partial charge in [0.25, 0.3) is 0 Å². The summed E-state index contributed by atoms with van der Waals surface area (Å²) in [6.07, 6.45) is 1.09. The van der Waals surface area contributed by atoms with Crippen molar-refractivity contribution in [1.82, 2.24) is 0 Å². The SMILES string of the molecule is O=C(O)COc1cc(Cl)c(Cc2ccc(O)c(Cc3ccccc3)c2)c(Cl)c1. The molecule has 0 spiro atoms. The molecule has 2 N–H and O–H groups in total. The first-order chi connectivity index (χ1) is 13.4. The maximum Gasteiger partial charge on any atom is 0.341 e. The van der Waals surface area contributed by atoms with E-state index in [2.05, 4.69) is 0 Å². The molecule has 0 amide bonds. The number of rotatable bonds is 7. The second-order valence-electron chi connectivity index (χ2n) is 6.35. The molecule has 0 bridgehead atoms. The molecule has 0 atom stereocenters. The molecule has 0 aliphatic carbocycles. The molecular weight excluding hydrogens is 399 g/mol. The van der Waals surface area contributed by atoms with E-state index in [-0.39, 0.29) is 5.75 Å². The summed E-state index contributed by atoms with van der Waals surface area (Å²) in [5.41, 5.74) is 3.58. The maximum absolute atomic E-state index is 10.6. The Kier molecular flexibility index (Phi) is 6.45. The molecule has 0 unspecified atom stereocenters. The summed E-state index contributed by atoms with van der Waals surface area (Å²) < 4.78 is 5.13. The van der Waals surface area contributed by atoms with Crippen LogP contribution >= 0.6 is 23.2 Å². The number of phenols is 1. The van der Waals surface area contributed by atoms with E-state index in [0.717, 1.165) is 16.7 Å². The maximum atomic E-state index is 10.6. The van der Waals surface area contributed by atoms with Gasteiger partial charge in [-0.05, 0) is 40.5 Å². The second kappa shape index (κ2) is 9.00. The predicted molar refractivity (Wildman–Crippen MR) is 110 cm³/mol. The summed E-state index contributed by atoms with van der Waals surface area (Å²) in [6.45, 7) is -0.465. The van der Waals surface area contributed by atoms with E-state index in [9.17, 15) is 9.90 Å². The highest BCUT2D eigenvalue weighted by atomic mass is 35.5. The average Bonchev–Trinajstić information content (AvgIpc) is 2.66. The van der Waals surface area contributed by atoms with Crippen molar-refractivity contribution in [2.45, 2.75) is 12.8 Å². The van der Waals surface area contributed by atoms with Crippen molar-refractivity contribution in [2.75, 3.05) is 6.61 Å². The van der Waals surface area contributed by atoms with Crippen LogP contribution in [0.1, 0.15) is 22.3 Å². The Morgan fingerprint density at radius 2 is 1.57 bits per heavy atom. The van der Waals surface area contributed by atoms with Gasteiger partial charge in [-0.1, -0.05) is 65.7 Å². The van der Waals surface area contributed by atoms with Gasteiger partial charge in [-0.25, -0.2) is 4.79 Å². The van der Waals surface area contributed by atoms with Crippen molar-refractivity contribution in [1.29, 1.82) is 0 Å². The van der Waals surface area contributed by atoms with Crippen LogP contribution in [0.3, 0.4) is 0 Å². The molecule has 0 heterocycles. The Labute approximate surface area is 172 Å². The van der Waals surface area contributed by atoms with E-state index in [1.54, 1.807) is 18.2 Å². The number of hydrogen-bond acceptors (Lipinski definition) is 3. The largest absolute Gasteiger partial charge is 0.508 e. The normalized spacial score (nSPS) is 10.6. The fourth-order valence-corrected chi connectivity index (χ4v) is 3.49. The van der Waals surface area contributed by atoms with Gasteiger partial charge in [-0.15, -0.1) is 0 Å². The fraction of sp³-hybridized carbons (Fsp3) is 0.136. The lowest BCUT2D eigenvalue weighted by Crippen LogP contribution is -2.09. The van der Waals surface area contributed by atoms with Crippen LogP contribution in [0.25, 0.3) is 0 Å². The molecule has 0 radical (unpaired) electrons. The molecule has 0 saturated heterocycles. The summed E-state index contributed by atoms with van der Waals surface area (Å²) in [5, 5.41) is 19.7. The van der Waals surface area contributed by atoms with Crippen molar-refractivity contribution in [3.63, 3.8) is 0 Å². The molecule has 0 aliphatic rings. The molecule has 4 nitrogen and oxygen atoms in total. The Hall–Kier alpha value is -2.69. The number of hydrogen-bond donors (Lipinski definition) is 2. The van der Waals surface area contributed by atoms with E-state index in [1.165, 1.54) is 0 Å².